The topological polar surface area (TPSA) is 102 Å². The molecule has 0 radical (unpaired) electrons. The number of aromatic nitrogens is 3. The summed E-state index contributed by atoms with van der Waals surface area (Å²) < 4.78 is 0. The number of rotatable bonds is 3. The first-order valence-electron chi connectivity index (χ1n) is 9.16. The minimum atomic E-state index is -0.756. The van der Waals surface area contributed by atoms with E-state index in [4.69, 9.17) is 0 Å². The summed E-state index contributed by atoms with van der Waals surface area (Å²) in [5.41, 5.74) is 2.11. The Balaban J connectivity index is 1.41. The van der Waals surface area contributed by atoms with E-state index in [1.165, 1.54) is 0 Å². The van der Waals surface area contributed by atoms with Crippen molar-refractivity contribution in [3.63, 3.8) is 0 Å². The fourth-order valence-corrected chi connectivity index (χ4v) is 4.36. The lowest BCUT2D eigenvalue weighted by Gasteiger charge is -2.39. The first-order valence-corrected chi connectivity index (χ1v) is 9.16. The number of nitrogens with zero attached hydrogens (tertiary/aromatic N) is 4. The highest BCUT2D eigenvalue weighted by atomic mass is 16.4. The molecule has 0 saturated carbocycles. The average molecular weight is 369 g/mol. The van der Waals surface area contributed by atoms with Gasteiger partial charge in [0.05, 0.1) is 5.69 Å². The van der Waals surface area contributed by atoms with Crippen molar-refractivity contribution in [2.45, 2.75) is 25.3 Å². The van der Waals surface area contributed by atoms with E-state index in [1.807, 2.05) is 29.0 Å². The Bertz CT molecular complexity index is 842. The standard InChI is InChI=1S/C19H23N5O3/c1-23-12-19(11-16(23)18(26)27)4-8-24(9-5-19)17(25)15-10-14(21-22-15)13-2-6-20-7-3-13/h2-3,6-7,10,16H,4-5,8-9,11-12H2,1H3,(H,21,22)(H,26,27)/t16-/m0/s1. The molecule has 142 valence electrons. The summed E-state index contributed by atoms with van der Waals surface area (Å²) in [6.07, 6.45) is 5.71. The van der Waals surface area contributed by atoms with Gasteiger partial charge in [-0.3, -0.25) is 24.6 Å². The third-order valence-corrected chi connectivity index (χ3v) is 5.92. The Morgan fingerprint density at radius 1 is 1.26 bits per heavy atom. The Morgan fingerprint density at radius 2 is 1.96 bits per heavy atom. The number of carbonyl (C=O) groups is 2. The molecule has 2 fully saturated rings. The van der Waals surface area contributed by atoms with E-state index < -0.39 is 12.0 Å². The first kappa shape index (κ1) is 17.7. The number of piperidine rings is 1. The molecule has 27 heavy (non-hydrogen) atoms. The van der Waals surface area contributed by atoms with Crippen molar-refractivity contribution in [1.29, 1.82) is 0 Å². The predicted molar refractivity (Wildman–Crippen MR) is 98.1 cm³/mol. The Morgan fingerprint density at radius 3 is 2.59 bits per heavy atom. The molecule has 1 atom stereocenters. The van der Waals surface area contributed by atoms with Crippen LogP contribution in [0.4, 0.5) is 0 Å². The number of carboxylic acid groups (broad SMARTS) is 1. The molecule has 2 aromatic heterocycles. The molecule has 4 rings (SSSR count). The summed E-state index contributed by atoms with van der Waals surface area (Å²) in [7, 11) is 1.87. The van der Waals surface area contributed by atoms with Crippen LogP contribution in [0, 0.1) is 5.41 Å². The number of hydrogen-bond donors (Lipinski definition) is 2. The van der Waals surface area contributed by atoms with Gasteiger partial charge in [0.2, 0.25) is 0 Å². The second kappa shape index (κ2) is 6.77. The molecule has 0 bridgehead atoms. The molecule has 8 nitrogen and oxygen atoms in total. The van der Waals surface area contributed by atoms with Crippen LogP contribution < -0.4 is 0 Å². The van der Waals surface area contributed by atoms with Crippen LogP contribution in [-0.2, 0) is 4.79 Å². The minimum Gasteiger partial charge on any atom is -0.480 e. The van der Waals surface area contributed by atoms with Gasteiger partial charge in [0, 0.05) is 37.6 Å². The fraction of sp³-hybridized carbons (Fsp3) is 0.474. The van der Waals surface area contributed by atoms with Crippen molar-refractivity contribution in [3.8, 4) is 11.3 Å². The highest BCUT2D eigenvalue weighted by Gasteiger charge is 2.47. The van der Waals surface area contributed by atoms with Gasteiger partial charge in [-0.05, 0) is 49.9 Å². The molecule has 1 spiro atoms. The zero-order valence-corrected chi connectivity index (χ0v) is 15.3. The van der Waals surface area contributed by atoms with E-state index in [-0.39, 0.29) is 11.3 Å². The molecule has 2 saturated heterocycles. The van der Waals surface area contributed by atoms with E-state index in [2.05, 4.69) is 15.2 Å². The van der Waals surface area contributed by atoms with E-state index in [1.54, 1.807) is 18.5 Å². The Labute approximate surface area is 157 Å². The number of aliphatic carboxylic acids is 1. The fourth-order valence-electron chi connectivity index (χ4n) is 4.36. The summed E-state index contributed by atoms with van der Waals surface area (Å²) in [6, 6.07) is 5.06. The average Bonchev–Trinajstić information content (AvgIpc) is 3.28. The number of aromatic amines is 1. The molecule has 4 heterocycles. The lowest BCUT2D eigenvalue weighted by molar-refractivity contribution is -0.141. The van der Waals surface area contributed by atoms with E-state index >= 15 is 0 Å². The lowest BCUT2D eigenvalue weighted by Crippen LogP contribution is -2.44. The van der Waals surface area contributed by atoms with Gasteiger partial charge in [0.15, 0.2) is 0 Å². The van der Waals surface area contributed by atoms with Crippen molar-refractivity contribution in [2.24, 2.45) is 5.41 Å². The Hall–Kier alpha value is -2.74. The van der Waals surface area contributed by atoms with Gasteiger partial charge in [-0.15, -0.1) is 0 Å². The molecule has 2 aromatic rings. The van der Waals surface area contributed by atoms with E-state index in [0.717, 1.165) is 30.6 Å². The maximum Gasteiger partial charge on any atom is 0.320 e. The third kappa shape index (κ3) is 3.32. The molecule has 1 amide bonds. The number of carbonyl (C=O) groups excluding carboxylic acids is 1. The molecule has 2 aliphatic rings. The van der Waals surface area contributed by atoms with Crippen LogP contribution in [0.5, 0.6) is 0 Å². The van der Waals surface area contributed by atoms with Crippen molar-refractivity contribution in [2.75, 3.05) is 26.7 Å². The van der Waals surface area contributed by atoms with Crippen LogP contribution in [0.2, 0.25) is 0 Å². The van der Waals surface area contributed by atoms with Crippen molar-refractivity contribution in [3.05, 3.63) is 36.3 Å². The van der Waals surface area contributed by atoms with Crippen LogP contribution in [0.1, 0.15) is 29.8 Å². The van der Waals surface area contributed by atoms with Crippen molar-refractivity contribution >= 4 is 11.9 Å². The van der Waals surface area contributed by atoms with Gasteiger partial charge in [-0.1, -0.05) is 0 Å². The first-order chi connectivity index (χ1) is 13.0. The van der Waals surface area contributed by atoms with Crippen LogP contribution in [0.3, 0.4) is 0 Å². The van der Waals surface area contributed by atoms with Gasteiger partial charge in [0.25, 0.3) is 5.91 Å². The minimum absolute atomic E-state index is 0.00473. The molecule has 0 unspecified atom stereocenters. The van der Waals surface area contributed by atoms with Crippen LogP contribution in [0.15, 0.2) is 30.6 Å². The van der Waals surface area contributed by atoms with E-state index in [9.17, 15) is 14.7 Å². The van der Waals surface area contributed by atoms with Crippen molar-refractivity contribution < 1.29 is 14.7 Å². The van der Waals surface area contributed by atoms with Gasteiger partial charge >= 0.3 is 5.97 Å². The number of H-pyrrole nitrogens is 1. The van der Waals surface area contributed by atoms with Gasteiger partial charge in [0.1, 0.15) is 11.7 Å². The number of likely N-dealkylation sites (tertiary alicyclic amines) is 2. The number of likely N-dealkylation sites (N-methyl/N-ethyl adjacent to an activating group) is 1. The van der Waals surface area contributed by atoms with Gasteiger partial charge in [-0.25, -0.2) is 0 Å². The largest absolute Gasteiger partial charge is 0.480 e. The smallest absolute Gasteiger partial charge is 0.320 e. The van der Waals surface area contributed by atoms with Crippen LogP contribution in [0.25, 0.3) is 11.3 Å². The zero-order chi connectivity index (χ0) is 19.0. The maximum atomic E-state index is 12.8. The number of carboxylic acids is 1. The quantitative estimate of drug-likeness (QED) is 0.850. The number of amides is 1. The number of nitrogens with one attached hydrogen (secondary N) is 1. The van der Waals surface area contributed by atoms with Crippen LogP contribution >= 0.6 is 0 Å². The predicted octanol–water partition coefficient (Wildman–Crippen LogP) is 1.48. The Kier molecular flexibility index (Phi) is 4.43. The maximum absolute atomic E-state index is 12.8. The SMILES string of the molecule is CN1CC2(CCN(C(=O)c3cc(-c4ccncc4)n[nH]3)CC2)C[C@H]1C(=O)O. The third-order valence-electron chi connectivity index (χ3n) is 5.92. The molecular formula is C19H23N5O3. The molecular weight excluding hydrogens is 346 g/mol. The van der Waals surface area contributed by atoms with Gasteiger partial charge in [-0.2, -0.15) is 5.10 Å². The zero-order valence-electron chi connectivity index (χ0n) is 15.3. The summed E-state index contributed by atoms with van der Waals surface area (Å²) in [5.74, 6) is -0.812. The highest BCUT2D eigenvalue weighted by molar-refractivity contribution is 5.93. The monoisotopic (exact) mass is 369 g/mol. The summed E-state index contributed by atoms with van der Waals surface area (Å²) in [6.45, 7) is 2.06. The normalized spacial score (nSPS) is 22.3. The summed E-state index contributed by atoms with van der Waals surface area (Å²) in [4.78, 5) is 32.0. The second-order valence-electron chi connectivity index (χ2n) is 7.67. The summed E-state index contributed by atoms with van der Waals surface area (Å²) >= 11 is 0. The molecule has 2 N–H and O–H groups in total. The second-order valence-corrected chi connectivity index (χ2v) is 7.67. The molecule has 0 aromatic carbocycles. The van der Waals surface area contributed by atoms with Gasteiger partial charge < -0.3 is 10.0 Å². The molecule has 8 heteroatoms. The van der Waals surface area contributed by atoms with Crippen molar-refractivity contribution in [1.82, 2.24) is 25.0 Å². The molecule has 0 aliphatic carbocycles. The summed E-state index contributed by atoms with van der Waals surface area (Å²) in [5, 5.41) is 16.4. The molecule has 2 aliphatic heterocycles. The number of pyridine rings is 1. The van der Waals surface area contributed by atoms with E-state index in [0.29, 0.717) is 25.2 Å². The van der Waals surface area contributed by atoms with Crippen LogP contribution in [-0.4, -0.2) is 74.7 Å². The highest BCUT2D eigenvalue weighted by Crippen LogP contribution is 2.43. The lowest BCUT2D eigenvalue weighted by atomic mass is 9.76. The number of hydrogen-bond acceptors (Lipinski definition) is 5.